The predicted octanol–water partition coefficient (Wildman–Crippen LogP) is 1.32. The van der Waals surface area contributed by atoms with Crippen LogP contribution in [-0.4, -0.2) is 46.2 Å². The Morgan fingerprint density at radius 3 is 2.68 bits per heavy atom. The fraction of sp³-hybridized carbons (Fsp3) is 0.706. The van der Waals surface area contributed by atoms with Crippen molar-refractivity contribution in [3.8, 4) is 0 Å². The highest BCUT2D eigenvalue weighted by Crippen LogP contribution is 2.36. The number of carbonyl (C=O) groups is 1. The van der Waals surface area contributed by atoms with Crippen LogP contribution in [0.5, 0.6) is 0 Å². The van der Waals surface area contributed by atoms with Gasteiger partial charge < -0.3 is 20.1 Å². The minimum atomic E-state index is -0.768. The molecule has 5 atom stereocenters. The van der Waals surface area contributed by atoms with Gasteiger partial charge in [0.05, 0.1) is 24.9 Å². The van der Waals surface area contributed by atoms with Crippen LogP contribution in [0.3, 0.4) is 0 Å². The third-order valence-electron chi connectivity index (χ3n) is 4.49. The maximum Gasteiger partial charge on any atom is 0.330 e. The summed E-state index contributed by atoms with van der Waals surface area (Å²) in [5.41, 5.74) is 0. The smallest absolute Gasteiger partial charge is 0.330 e. The summed E-state index contributed by atoms with van der Waals surface area (Å²) in [5.74, 6) is -0.474. The zero-order chi connectivity index (χ0) is 15.9. The van der Waals surface area contributed by atoms with E-state index >= 15 is 0 Å². The molecule has 3 N–H and O–H groups in total. The molecule has 1 aliphatic heterocycles. The zero-order valence-electron chi connectivity index (χ0n) is 12.8. The number of esters is 1. The number of rotatable bonds is 0. The van der Waals surface area contributed by atoms with Crippen LogP contribution >= 0.6 is 0 Å². The monoisotopic (exact) mass is 310 g/mol. The molecular formula is C17H26O5. The molecule has 0 aromatic rings. The molecule has 1 saturated carbocycles. The van der Waals surface area contributed by atoms with Crippen LogP contribution in [0.25, 0.3) is 0 Å². The van der Waals surface area contributed by atoms with E-state index in [1.807, 2.05) is 0 Å². The van der Waals surface area contributed by atoms with Crippen molar-refractivity contribution in [3.05, 3.63) is 24.3 Å². The van der Waals surface area contributed by atoms with Crippen LogP contribution in [-0.2, 0) is 9.53 Å². The normalized spacial score (nSPS) is 40.9. The van der Waals surface area contributed by atoms with E-state index in [1.54, 1.807) is 0 Å². The Bertz CT molecular complexity index is 417. The first-order chi connectivity index (χ1) is 10.6. The third-order valence-corrected chi connectivity index (χ3v) is 4.49. The largest absolute Gasteiger partial charge is 0.462 e. The quantitative estimate of drug-likeness (QED) is 0.464. The summed E-state index contributed by atoms with van der Waals surface area (Å²) >= 11 is 0. The molecule has 1 heterocycles. The molecule has 2 aliphatic rings. The Kier molecular flexibility index (Phi) is 6.61. The Morgan fingerprint density at radius 1 is 1.05 bits per heavy atom. The molecular weight excluding hydrogens is 284 g/mol. The number of carbonyl (C=O) groups excluding carboxylic acids is 1. The molecule has 124 valence electrons. The number of cyclic esters (lactones) is 1. The number of aliphatic hydroxyl groups excluding tert-OH is 3. The molecule has 0 aromatic heterocycles. The lowest BCUT2D eigenvalue weighted by Crippen LogP contribution is -2.21. The first-order valence-corrected chi connectivity index (χ1v) is 8.12. The summed E-state index contributed by atoms with van der Waals surface area (Å²) in [6.07, 6.45) is 9.20. The molecule has 1 unspecified atom stereocenters. The highest BCUT2D eigenvalue weighted by Gasteiger charge is 2.35. The zero-order valence-corrected chi connectivity index (χ0v) is 12.8. The Labute approximate surface area is 131 Å². The SMILES string of the molecule is O=C1/C=C\[C@@H](O)[C@@H]2C[C@@H](O)C[C@H]2/C=C/CCCC(O)CCO1. The van der Waals surface area contributed by atoms with Crippen molar-refractivity contribution >= 4 is 5.97 Å². The van der Waals surface area contributed by atoms with E-state index in [-0.39, 0.29) is 18.4 Å². The lowest BCUT2D eigenvalue weighted by molar-refractivity contribution is -0.138. The second-order valence-corrected chi connectivity index (χ2v) is 6.27. The van der Waals surface area contributed by atoms with E-state index in [9.17, 15) is 20.1 Å². The van der Waals surface area contributed by atoms with E-state index in [1.165, 1.54) is 12.2 Å². The van der Waals surface area contributed by atoms with Crippen molar-refractivity contribution < 1.29 is 24.9 Å². The van der Waals surface area contributed by atoms with Gasteiger partial charge in [-0.15, -0.1) is 0 Å². The van der Waals surface area contributed by atoms with Gasteiger partial charge in [0, 0.05) is 12.5 Å². The van der Waals surface area contributed by atoms with Gasteiger partial charge >= 0.3 is 5.97 Å². The summed E-state index contributed by atoms with van der Waals surface area (Å²) in [6, 6.07) is 0. The summed E-state index contributed by atoms with van der Waals surface area (Å²) in [5, 5.41) is 29.9. The van der Waals surface area contributed by atoms with Crippen LogP contribution in [0.4, 0.5) is 0 Å². The molecule has 0 spiro atoms. The number of fused-ring (bicyclic) bond motifs is 1. The van der Waals surface area contributed by atoms with E-state index in [0.717, 1.165) is 12.8 Å². The Balaban J connectivity index is 2.05. The van der Waals surface area contributed by atoms with Crippen LogP contribution in [0.1, 0.15) is 38.5 Å². The van der Waals surface area contributed by atoms with Gasteiger partial charge in [-0.25, -0.2) is 4.79 Å². The van der Waals surface area contributed by atoms with Gasteiger partial charge in [0.15, 0.2) is 0 Å². The minimum absolute atomic E-state index is 0.0778. The van der Waals surface area contributed by atoms with Gasteiger partial charge in [-0.1, -0.05) is 12.2 Å². The van der Waals surface area contributed by atoms with Gasteiger partial charge in [0.25, 0.3) is 0 Å². The average Bonchev–Trinajstić information content (AvgIpc) is 2.84. The summed E-state index contributed by atoms with van der Waals surface area (Å²) in [7, 11) is 0. The highest BCUT2D eigenvalue weighted by molar-refractivity contribution is 5.81. The molecule has 0 amide bonds. The molecule has 1 fully saturated rings. The van der Waals surface area contributed by atoms with Crippen LogP contribution in [0.15, 0.2) is 24.3 Å². The topological polar surface area (TPSA) is 87.0 Å². The van der Waals surface area contributed by atoms with Gasteiger partial charge in [-0.2, -0.15) is 0 Å². The van der Waals surface area contributed by atoms with Crippen molar-refractivity contribution in [1.29, 1.82) is 0 Å². The van der Waals surface area contributed by atoms with Crippen molar-refractivity contribution in [2.24, 2.45) is 11.8 Å². The Hall–Kier alpha value is -1.17. The number of aliphatic hydroxyl groups is 3. The first-order valence-electron chi connectivity index (χ1n) is 8.12. The van der Waals surface area contributed by atoms with Crippen molar-refractivity contribution in [2.45, 2.75) is 56.8 Å². The fourth-order valence-electron chi connectivity index (χ4n) is 3.24. The molecule has 0 aromatic carbocycles. The van der Waals surface area contributed by atoms with E-state index in [2.05, 4.69) is 12.2 Å². The summed E-state index contributed by atoms with van der Waals surface area (Å²) in [6.45, 7) is 0.182. The maximum atomic E-state index is 11.6. The number of hydrogen-bond acceptors (Lipinski definition) is 5. The summed E-state index contributed by atoms with van der Waals surface area (Å²) < 4.78 is 5.01. The van der Waals surface area contributed by atoms with Gasteiger partial charge in [-0.3, -0.25) is 0 Å². The predicted molar refractivity (Wildman–Crippen MR) is 81.9 cm³/mol. The van der Waals surface area contributed by atoms with Crippen molar-refractivity contribution in [2.75, 3.05) is 6.61 Å². The van der Waals surface area contributed by atoms with E-state index < -0.39 is 24.3 Å². The lowest BCUT2D eigenvalue weighted by atomic mass is 9.90. The minimum Gasteiger partial charge on any atom is -0.462 e. The Morgan fingerprint density at radius 2 is 1.86 bits per heavy atom. The molecule has 5 nitrogen and oxygen atoms in total. The first kappa shape index (κ1) is 17.2. The molecule has 2 rings (SSSR count). The third kappa shape index (κ3) is 5.23. The molecule has 0 saturated heterocycles. The lowest BCUT2D eigenvalue weighted by Gasteiger charge is -2.19. The number of allylic oxidation sites excluding steroid dienone is 2. The molecule has 5 heteroatoms. The second-order valence-electron chi connectivity index (χ2n) is 6.27. The van der Waals surface area contributed by atoms with E-state index in [4.69, 9.17) is 4.74 Å². The fourth-order valence-corrected chi connectivity index (χ4v) is 3.24. The maximum absolute atomic E-state index is 11.6. The molecule has 0 radical (unpaired) electrons. The van der Waals surface area contributed by atoms with Crippen LogP contribution < -0.4 is 0 Å². The number of hydrogen-bond donors (Lipinski definition) is 3. The van der Waals surface area contributed by atoms with Crippen LogP contribution in [0.2, 0.25) is 0 Å². The van der Waals surface area contributed by atoms with Crippen molar-refractivity contribution in [1.82, 2.24) is 0 Å². The average molecular weight is 310 g/mol. The molecule has 1 aliphatic carbocycles. The van der Waals surface area contributed by atoms with Gasteiger partial charge in [0.2, 0.25) is 0 Å². The van der Waals surface area contributed by atoms with E-state index in [0.29, 0.717) is 25.7 Å². The van der Waals surface area contributed by atoms with Crippen LogP contribution in [0, 0.1) is 11.8 Å². The molecule has 0 bridgehead atoms. The summed E-state index contributed by atoms with van der Waals surface area (Å²) in [4.78, 5) is 11.6. The second kappa shape index (κ2) is 8.46. The highest BCUT2D eigenvalue weighted by atomic mass is 16.5. The van der Waals surface area contributed by atoms with Crippen molar-refractivity contribution in [3.63, 3.8) is 0 Å². The van der Waals surface area contributed by atoms with Gasteiger partial charge in [-0.05, 0) is 50.0 Å². The number of ether oxygens (including phenoxy) is 1. The van der Waals surface area contributed by atoms with Gasteiger partial charge in [0.1, 0.15) is 0 Å². The molecule has 22 heavy (non-hydrogen) atoms. The standard InChI is InChI=1S/C17H26O5/c18-13-5-3-1-2-4-12-10-14(19)11-15(12)16(20)6-7-17(21)22-9-8-13/h2,4,6-7,12-16,18-20H,1,3,5,8-11H2/b4-2+,7-6-/t12-,13?,14+,15-,16-/m1/s1.